The molecule has 0 aliphatic rings. The third-order valence-corrected chi connectivity index (χ3v) is 3.04. The van der Waals surface area contributed by atoms with Crippen LogP contribution in [-0.4, -0.2) is 24.7 Å². The van der Waals surface area contributed by atoms with Gasteiger partial charge in [0.25, 0.3) is 0 Å². The zero-order valence-corrected chi connectivity index (χ0v) is 11.3. The number of nitrogens with zero attached hydrogens (tertiary/aromatic N) is 5. The Balaban J connectivity index is 2.12. The first-order valence-corrected chi connectivity index (χ1v) is 6.38. The topological polar surface area (TPSA) is 69.6 Å². The van der Waals surface area contributed by atoms with Gasteiger partial charge in [-0.05, 0) is 19.1 Å². The van der Waals surface area contributed by atoms with Gasteiger partial charge in [-0.15, -0.1) is 11.6 Å². The van der Waals surface area contributed by atoms with Crippen LogP contribution >= 0.6 is 11.6 Å². The fourth-order valence-electron chi connectivity index (χ4n) is 1.96. The average Bonchev–Trinajstić information content (AvgIpc) is 2.94. The maximum absolute atomic E-state index is 5.94. The summed E-state index contributed by atoms with van der Waals surface area (Å²) in [6.07, 6.45) is 0. The van der Waals surface area contributed by atoms with Gasteiger partial charge in [0.1, 0.15) is 11.3 Å². The number of pyridine rings is 1. The number of imidazole rings is 1. The molecule has 0 aliphatic heterocycles. The number of halogens is 1. The predicted molar refractivity (Wildman–Crippen MR) is 70.0 cm³/mol. The lowest BCUT2D eigenvalue weighted by Crippen LogP contribution is -2.06. The lowest BCUT2D eigenvalue weighted by Gasteiger charge is -2.03. The first-order valence-electron chi connectivity index (χ1n) is 5.85. The standard InChI is InChI=1S/C12H12ClN5O/c1-7-3-4-9-12(14-7)18(11(5-13)16-9)6-10-15-8(2)19-17-10/h3-4H,5-6H2,1-2H3. The molecular formula is C12H12ClN5O. The molecule has 0 radical (unpaired) electrons. The van der Waals surface area contributed by atoms with Crippen molar-refractivity contribution in [1.29, 1.82) is 0 Å². The number of aromatic nitrogens is 5. The summed E-state index contributed by atoms with van der Waals surface area (Å²) >= 11 is 5.94. The van der Waals surface area contributed by atoms with Crippen LogP contribution in [0.1, 0.15) is 23.2 Å². The van der Waals surface area contributed by atoms with Crippen LogP contribution in [0.25, 0.3) is 11.2 Å². The Morgan fingerprint density at radius 3 is 2.74 bits per heavy atom. The minimum Gasteiger partial charge on any atom is -0.340 e. The number of hydrogen-bond acceptors (Lipinski definition) is 5. The van der Waals surface area contributed by atoms with Crippen LogP contribution < -0.4 is 0 Å². The van der Waals surface area contributed by atoms with E-state index in [2.05, 4.69) is 20.1 Å². The molecule has 0 saturated carbocycles. The normalized spacial score (nSPS) is 11.3. The van der Waals surface area contributed by atoms with Gasteiger partial charge in [-0.1, -0.05) is 5.16 Å². The first kappa shape index (κ1) is 12.1. The molecule has 0 aromatic carbocycles. The Bertz CT molecular complexity index is 733. The van der Waals surface area contributed by atoms with Crippen LogP contribution in [-0.2, 0) is 12.4 Å². The molecule has 0 N–H and O–H groups in total. The molecule has 3 heterocycles. The summed E-state index contributed by atoms with van der Waals surface area (Å²) in [7, 11) is 0. The van der Waals surface area contributed by atoms with Crippen LogP contribution in [0.2, 0.25) is 0 Å². The SMILES string of the molecule is Cc1ccc2nc(CCl)n(Cc3noc(C)n3)c2n1. The molecule has 98 valence electrons. The van der Waals surface area contributed by atoms with E-state index in [9.17, 15) is 0 Å². The third kappa shape index (κ3) is 2.19. The van der Waals surface area contributed by atoms with Crippen LogP contribution in [0.15, 0.2) is 16.7 Å². The largest absolute Gasteiger partial charge is 0.340 e. The minimum absolute atomic E-state index is 0.312. The first-order chi connectivity index (χ1) is 9.17. The van der Waals surface area contributed by atoms with Crippen LogP contribution in [0.3, 0.4) is 0 Å². The molecule has 19 heavy (non-hydrogen) atoms. The van der Waals surface area contributed by atoms with Crippen LogP contribution in [0.4, 0.5) is 0 Å². The predicted octanol–water partition coefficient (Wildman–Crippen LogP) is 2.22. The van der Waals surface area contributed by atoms with Crippen LogP contribution in [0, 0.1) is 13.8 Å². The van der Waals surface area contributed by atoms with E-state index in [1.807, 2.05) is 23.6 Å². The Morgan fingerprint density at radius 2 is 2.05 bits per heavy atom. The Labute approximate surface area is 114 Å². The van der Waals surface area contributed by atoms with Crippen LogP contribution in [0.5, 0.6) is 0 Å². The zero-order chi connectivity index (χ0) is 13.4. The molecule has 3 aromatic rings. The highest BCUT2D eigenvalue weighted by Gasteiger charge is 2.14. The van der Waals surface area contributed by atoms with Crippen molar-refractivity contribution in [3.05, 3.63) is 35.4 Å². The van der Waals surface area contributed by atoms with Gasteiger partial charge >= 0.3 is 0 Å². The van der Waals surface area contributed by atoms with Crippen molar-refractivity contribution in [1.82, 2.24) is 24.7 Å². The highest BCUT2D eigenvalue weighted by Crippen LogP contribution is 2.17. The van der Waals surface area contributed by atoms with Crippen molar-refractivity contribution in [2.75, 3.05) is 0 Å². The van der Waals surface area contributed by atoms with Gasteiger partial charge in [0, 0.05) is 12.6 Å². The second-order valence-electron chi connectivity index (χ2n) is 4.27. The van der Waals surface area contributed by atoms with Gasteiger partial charge in [0.2, 0.25) is 5.89 Å². The maximum Gasteiger partial charge on any atom is 0.223 e. The highest BCUT2D eigenvalue weighted by atomic mass is 35.5. The molecule has 0 atom stereocenters. The van der Waals surface area contributed by atoms with Crippen molar-refractivity contribution >= 4 is 22.8 Å². The molecule has 3 aromatic heterocycles. The molecule has 0 saturated heterocycles. The fourth-order valence-corrected chi connectivity index (χ4v) is 2.16. The molecular weight excluding hydrogens is 266 g/mol. The van der Waals surface area contributed by atoms with E-state index in [-0.39, 0.29) is 0 Å². The van der Waals surface area contributed by atoms with Gasteiger partial charge < -0.3 is 9.09 Å². The molecule has 6 nitrogen and oxygen atoms in total. The van der Waals surface area contributed by atoms with Crippen molar-refractivity contribution in [3.63, 3.8) is 0 Å². The van der Waals surface area contributed by atoms with E-state index in [0.717, 1.165) is 22.7 Å². The van der Waals surface area contributed by atoms with Crippen molar-refractivity contribution < 1.29 is 4.52 Å². The summed E-state index contributed by atoms with van der Waals surface area (Å²) in [5, 5.41) is 3.89. The molecule has 0 unspecified atom stereocenters. The molecule has 0 aliphatic carbocycles. The van der Waals surface area contributed by atoms with Gasteiger partial charge in [-0.2, -0.15) is 4.98 Å². The number of hydrogen-bond donors (Lipinski definition) is 0. The lowest BCUT2D eigenvalue weighted by atomic mass is 10.3. The lowest BCUT2D eigenvalue weighted by molar-refractivity contribution is 0.386. The van der Waals surface area contributed by atoms with Crippen molar-refractivity contribution in [2.45, 2.75) is 26.3 Å². The van der Waals surface area contributed by atoms with Gasteiger partial charge in [-0.25, -0.2) is 9.97 Å². The summed E-state index contributed by atoms with van der Waals surface area (Å²) in [4.78, 5) is 13.2. The Kier molecular flexibility index (Phi) is 2.94. The summed E-state index contributed by atoms with van der Waals surface area (Å²) in [6.45, 7) is 4.15. The minimum atomic E-state index is 0.312. The van der Waals surface area contributed by atoms with E-state index >= 15 is 0 Å². The van der Waals surface area contributed by atoms with E-state index in [0.29, 0.717) is 24.1 Å². The summed E-state index contributed by atoms with van der Waals surface area (Å²) in [5.74, 6) is 2.19. The molecule has 0 fully saturated rings. The van der Waals surface area contributed by atoms with E-state index in [4.69, 9.17) is 16.1 Å². The third-order valence-electron chi connectivity index (χ3n) is 2.80. The van der Waals surface area contributed by atoms with E-state index in [1.54, 1.807) is 6.92 Å². The quantitative estimate of drug-likeness (QED) is 0.687. The molecule has 7 heteroatoms. The number of alkyl halides is 1. The second-order valence-corrected chi connectivity index (χ2v) is 4.54. The Hall–Kier alpha value is -1.95. The molecule has 0 bridgehead atoms. The zero-order valence-electron chi connectivity index (χ0n) is 10.6. The number of rotatable bonds is 3. The maximum atomic E-state index is 5.94. The number of aryl methyl sites for hydroxylation is 2. The highest BCUT2D eigenvalue weighted by molar-refractivity contribution is 6.16. The molecule has 0 spiro atoms. The van der Waals surface area contributed by atoms with Crippen molar-refractivity contribution in [3.8, 4) is 0 Å². The smallest absolute Gasteiger partial charge is 0.223 e. The second kappa shape index (κ2) is 4.62. The van der Waals surface area contributed by atoms with Gasteiger partial charge in [0.05, 0.1) is 12.4 Å². The van der Waals surface area contributed by atoms with Gasteiger partial charge in [0.15, 0.2) is 11.5 Å². The van der Waals surface area contributed by atoms with E-state index in [1.165, 1.54) is 0 Å². The average molecular weight is 278 g/mol. The summed E-state index contributed by atoms with van der Waals surface area (Å²) in [5.41, 5.74) is 2.54. The monoisotopic (exact) mass is 277 g/mol. The fraction of sp³-hybridized carbons (Fsp3) is 0.333. The van der Waals surface area contributed by atoms with Gasteiger partial charge in [-0.3, -0.25) is 0 Å². The summed E-state index contributed by atoms with van der Waals surface area (Å²) in [6, 6.07) is 3.86. The number of fused-ring (bicyclic) bond motifs is 1. The molecule has 0 amide bonds. The summed E-state index contributed by atoms with van der Waals surface area (Å²) < 4.78 is 6.89. The molecule has 3 rings (SSSR count). The Morgan fingerprint density at radius 1 is 1.21 bits per heavy atom. The van der Waals surface area contributed by atoms with Crippen molar-refractivity contribution in [2.24, 2.45) is 0 Å². The van der Waals surface area contributed by atoms with E-state index < -0.39 is 0 Å².